The third kappa shape index (κ3) is 3.38. The Bertz CT molecular complexity index is 1500. The SMILES string of the molecule is C[C@H]1CN(c2nc3cc(Cl)ccc3c3nnc(-c4ccccc4)n23)CCN1C(=O)c1ccco1. The second-order valence-corrected chi connectivity index (χ2v) is 8.83. The van der Waals surface area contributed by atoms with E-state index in [1.807, 2.05) is 64.8 Å². The smallest absolute Gasteiger partial charge is 0.289 e. The van der Waals surface area contributed by atoms with Gasteiger partial charge >= 0.3 is 0 Å². The van der Waals surface area contributed by atoms with Crippen LogP contribution >= 0.6 is 11.6 Å². The Hall–Kier alpha value is -3.91. The van der Waals surface area contributed by atoms with Crippen LogP contribution in [0.3, 0.4) is 0 Å². The van der Waals surface area contributed by atoms with Crippen LogP contribution in [-0.2, 0) is 0 Å². The molecule has 8 nitrogen and oxygen atoms in total. The first-order valence-corrected chi connectivity index (χ1v) is 11.5. The van der Waals surface area contributed by atoms with Gasteiger partial charge in [-0.25, -0.2) is 9.38 Å². The second kappa shape index (κ2) is 8.14. The number of amides is 1. The number of fused-ring (bicyclic) bond motifs is 3. The summed E-state index contributed by atoms with van der Waals surface area (Å²) in [7, 11) is 0. The topological polar surface area (TPSA) is 79.8 Å². The van der Waals surface area contributed by atoms with Crippen LogP contribution in [0.25, 0.3) is 27.9 Å². The predicted molar refractivity (Wildman–Crippen MR) is 130 cm³/mol. The first-order chi connectivity index (χ1) is 16.6. The standard InChI is InChI=1S/C25H21ClN6O2/c1-16-15-30(11-12-31(16)24(33)21-8-5-13-34-21)25-27-20-14-18(26)9-10-19(20)23-29-28-22(32(23)25)17-6-3-2-4-7-17/h2-10,13-14,16H,11-12,15H2,1H3/t16-/m0/s1. The summed E-state index contributed by atoms with van der Waals surface area (Å²) in [6.07, 6.45) is 1.52. The lowest BCUT2D eigenvalue weighted by Crippen LogP contribution is -2.54. The number of carbonyl (C=O) groups is 1. The molecule has 5 aromatic rings. The zero-order valence-electron chi connectivity index (χ0n) is 18.4. The fourth-order valence-electron chi connectivity index (χ4n) is 4.56. The Balaban J connectivity index is 1.45. The van der Waals surface area contributed by atoms with Crippen LogP contribution in [0.4, 0.5) is 5.95 Å². The molecular formula is C25H21ClN6O2. The molecule has 4 heterocycles. The molecule has 0 radical (unpaired) electrons. The summed E-state index contributed by atoms with van der Waals surface area (Å²) in [5.41, 5.74) is 2.42. The molecule has 0 saturated carbocycles. The summed E-state index contributed by atoms with van der Waals surface area (Å²) in [4.78, 5) is 21.9. The van der Waals surface area contributed by atoms with Crippen molar-refractivity contribution in [3.8, 4) is 11.4 Å². The number of rotatable bonds is 3. The minimum Gasteiger partial charge on any atom is -0.459 e. The molecule has 1 fully saturated rings. The molecule has 2 aromatic carbocycles. The zero-order chi connectivity index (χ0) is 23.2. The van der Waals surface area contributed by atoms with Gasteiger partial charge in [-0.05, 0) is 37.3 Å². The van der Waals surface area contributed by atoms with Gasteiger partial charge in [-0.1, -0.05) is 41.9 Å². The number of benzene rings is 2. The molecule has 6 rings (SSSR count). The molecule has 1 aliphatic heterocycles. The van der Waals surface area contributed by atoms with Crippen LogP contribution in [0.1, 0.15) is 17.5 Å². The summed E-state index contributed by atoms with van der Waals surface area (Å²) in [6.45, 7) is 3.79. The Morgan fingerprint density at radius 3 is 2.68 bits per heavy atom. The van der Waals surface area contributed by atoms with Gasteiger partial charge in [0.2, 0.25) is 5.95 Å². The van der Waals surface area contributed by atoms with Crippen molar-refractivity contribution in [2.45, 2.75) is 13.0 Å². The Labute approximate surface area is 200 Å². The lowest BCUT2D eigenvalue weighted by atomic mass is 10.1. The highest BCUT2D eigenvalue weighted by Crippen LogP contribution is 2.31. The molecule has 0 aliphatic carbocycles. The van der Waals surface area contributed by atoms with Gasteiger partial charge in [0.05, 0.1) is 11.8 Å². The second-order valence-electron chi connectivity index (χ2n) is 8.39. The van der Waals surface area contributed by atoms with Crippen LogP contribution in [-0.4, -0.2) is 56.1 Å². The Morgan fingerprint density at radius 2 is 1.91 bits per heavy atom. The third-order valence-electron chi connectivity index (χ3n) is 6.22. The van der Waals surface area contributed by atoms with Crippen molar-refractivity contribution in [2.75, 3.05) is 24.5 Å². The number of aromatic nitrogens is 4. The van der Waals surface area contributed by atoms with Gasteiger partial charge in [0.1, 0.15) is 0 Å². The van der Waals surface area contributed by atoms with Crippen LogP contribution in [0.5, 0.6) is 0 Å². The average Bonchev–Trinajstić information content (AvgIpc) is 3.54. The first-order valence-electron chi connectivity index (χ1n) is 11.1. The van der Waals surface area contributed by atoms with Crippen molar-refractivity contribution in [1.82, 2.24) is 24.5 Å². The molecule has 1 saturated heterocycles. The molecule has 0 N–H and O–H groups in total. The fourth-order valence-corrected chi connectivity index (χ4v) is 4.73. The van der Waals surface area contributed by atoms with Gasteiger partial charge in [-0.3, -0.25) is 4.79 Å². The minimum absolute atomic E-state index is 0.0464. The van der Waals surface area contributed by atoms with Crippen molar-refractivity contribution in [1.29, 1.82) is 0 Å². The Kier molecular flexibility index (Phi) is 4.95. The number of carbonyl (C=O) groups excluding carboxylic acids is 1. The van der Waals surface area contributed by atoms with E-state index in [2.05, 4.69) is 15.1 Å². The van der Waals surface area contributed by atoms with Crippen LogP contribution in [0.15, 0.2) is 71.3 Å². The van der Waals surface area contributed by atoms with Gasteiger partial charge < -0.3 is 14.2 Å². The van der Waals surface area contributed by atoms with Crippen molar-refractivity contribution in [3.05, 3.63) is 77.7 Å². The summed E-state index contributed by atoms with van der Waals surface area (Å²) in [5, 5.41) is 10.5. The highest BCUT2D eigenvalue weighted by atomic mass is 35.5. The first kappa shape index (κ1) is 20.7. The van der Waals surface area contributed by atoms with E-state index in [4.69, 9.17) is 21.0 Å². The van der Waals surface area contributed by atoms with Crippen LogP contribution in [0.2, 0.25) is 5.02 Å². The van der Waals surface area contributed by atoms with E-state index in [9.17, 15) is 4.79 Å². The number of nitrogens with zero attached hydrogens (tertiary/aromatic N) is 6. The number of anilines is 1. The third-order valence-corrected chi connectivity index (χ3v) is 6.45. The number of halogens is 1. The molecule has 0 spiro atoms. The number of furan rings is 1. The van der Waals surface area contributed by atoms with E-state index in [0.717, 1.165) is 33.9 Å². The van der Waals surface area contributed by atoms with Crippen molar-refractivity contribution in [2.24, 2.45) is 0 Å². The summed E-state index contributed by atoms with van der Waals surface area (Å²) in [6, 6.07) is 18.9. The zero-order valence-corrected chi connectivity index (χ0v) is 19.2. The van der Waals surface area contributed by atoms with E-state index in [1.54, 1.807) is 12.1 Å². The molecule has 1 amide bonds. The Morgan fingerprint density at radius 1 is 1.06 bits per heavy atom. The maximum atomic E-state index is 12.9. The van der Waals surface area contributed by atoms with Gasteiger partial charge in [-0.15, -0.1) is 10.2 Å². The molecule has 1 atom stereocenters. The van der Waals surface area contributed by atoms with E-state index in [0.29, 0.717) is 30.4 Å². The maximum Gasteiger partial charge on any atom is 0.289 e. The lowest BCUT2D eigenvalue weighted by Gasteiger charge is -2.40. The van der Waals surface area contributed by atoms with Gasteiger partial charge in [0, 0.05) is 41.6 Å². The van der Waals surface area contributed by atoms with Crippen LogP contribution in [0, 0.1) is 0 Å². The molecule has 9 heteroatoms. The van der Waals surface area contributed by atoms with Crippen molar-refractivity contribution >= 4 is 40.0 Å². The molecule has 3 aromatic heterocycles. The normalized spacial score (nSPS) is 16.5. The monoisotopic (exact) mass is 472 g/mol. The van der Waals surface area contributed by atoms with E-state index in [1.165, 1.54) is 6.26 Å². The van der Waals surface area contributed by atoms with Crippen molar-refractivity contribution < 1.29 is 9.21 Å². The van der Waals surface area contributed by atoms with Crippen LogP contribution < -0.4 is 4.90 Å². The van der Waals surface area contributed by atoms with Gasteiger partial charge in [0.25, 0.3) is 5.91 Å². The molecular weight excluding hydrogens is 452 g/mol. The number of hydrogen-bond acceptors (Lipinski definition) is 6. The van der Waals surface area contributed by atoms with Gasteiger partial charge in [-0.2, -0.15) is 0 Å². The number of piperazine rings is 1. The highest BCUT2D eigenvalue weighted by molar-refractivity contribution is 6.31. The van der Waals surface area contributed by atoms with Crippen molar-refractivity contribution in [3.63, 3.8) is 0 Å². The maximum absolute atomic E-state index is 12.9. The molecule has 34 heavy (non-hydrogen) atoms. The quantitative estimate of drug-likeness (QED) is 0.383. The molecule has 1 aliphatic rings. The fraction of sp³-hybridized carbons (Fsp3) is 0.200. The van der Waals surface area contributed by atoms with E-state index in [-0.39, 0.29) is 11.9 Å². The lowest BCUT2D eigenvalue weighted by molar-refractivity contribution is 0.0640. The molecule has 170 valence electrons. The van der Waals surface area contributed by atoms with E-state index < -0.39 is 0 Å². The molecule has 0 unspecified atom stereocenters. The van der Waals surface area contributed by atoms with Gasteiger partial charge in [0.15, 0.2) is 17.2 Å². The average molecular weight is 473 g/mol. The van der Waals surface area contributed by atoms with E-state index >= 15 is 0 Å². The minimum atomic E-state index is -0.102. The summed E-state index contributed by atoms with van der Waals surface area (Å²) < 4.78 is 7.33. The molecule has 0 bridgehead atoms. The highest BCUT2D eigenvalue weighted by Gasteiger charge is 2.31. The largest absolute Gasteiger partial charge is 0.459 e. The predicted octanol–water partition coefficient (Wildman–Crippen LogP) is 4.54. The summed E-state index contributed by atoms with van der Waals surface area (Å²) >= 11 is 6.29. The summed E-state index contributed by atoms with van der Waals surface area (Å²) in [5.74, 6) is 1.70. The number of hydrogen-bond donors (Lipinski definition) is 0.